The molecule has 0 bridgehead atoms. The van der Waals surface area contributed by atoms with Crippen LogP contribution in [0.3, 0.4) is 0 Å². The first-order valence-corrected chi connectivity index (χ1v) is 5.49. The highest BCUT2D eigenvalue weighted by atomic mass is 79.9. The lowest BCUT2D eigenvalue weighted by Gasteiger charge is -2.05. The van der Waals surface area contributed by atoms with Crippen molar-refractivity contribution < 1.29 is 9.18 Å². The van der Waals surface area contributed by atoms with Gasteiger partial charge in [-0.1, -0.05) is 0 Å². The van der Waals surface area contributed by atoms with Crippen molar-refractivity contribution in [2.24, 2.45) is 0 Å². The summed E-state index contributed by atoms with van der Waals surface area (Å²) in [7, 11) is 0. The average molecular weight is 296 g/mol. The number of halogens is 2. The third-order valence-corrected chi connectivity index (χ3v) is 2.62. The van der Waals surface area contributed by atoms with Gasteiger partial charge in [0.1, 0.15) is 4.60 Å². The van der Waals surface area contributed by atoms with E-state index in [9.17, 15) is 9.18 Å². The second-order valence-corrected chi connectivity index (χ2v) is 3.92. The molecule has 2 aromatic rings. The molecule has 0 fully saturated rings. The van der Waals surface area contributed by atoms with Gasteiger partial charge in [0.05, 0.1) is 17.4 Å². The quantitative estimate of drug-likeness (QED) is 0.867. The van der Waals surface area contributed by atoms with Crippen LogP contribution in [0.5, 0.6) is 0 Å². The highest BCUT2D eigenvalue weighted by molar-refractivity contribution is 9.10. The van der Waals surface area contributed by atoms with Gasteiger partial charge in [-0.3, -0.25) is 4.79 Å². The van der Waals surface area contributed by atoms with Crippen molar-refractivity contribution in [2.75, 3.05) is 5.32 Å². The largest absolute Gasteiger partial charge is 0.321 e. The van der Waals surface area contributed by atoms with E-state index in [1.54, 1.807) is 18.3 Å². The molecule has 0 aromatic carbocycles. The molecule has 0 saturated heterocycles. The zero-order chi connectivity index (χ0) is 12.3. The molecule has 2 aromatic heterocycles. The van der Waals surface area contributed by atoms with Crippen molar-refractivity contribution >= 4 is 27.5 Å². The molecule has 4 nitrogen and oxygen atoms in total. The Morgan fingerprint density at radius 1 is 1.29 bits per heavy atom. The van der Waals surface area contributed by atoms with Gasteiger partial charge in [-0.2, -0.15) is 4.39 Å². The van der Waals surface area contributed by atoms with E-state index in [4.69, 9.17) is 0 Å². The number of pyridine rings is 2. The van der Waals surface area contributed by atoms with Crippen molar-refractivity contribution in [1.29, 1.82) is 0 Å². The standard InChI is InChI=1S/C11H7BrFN3O/c12-10-8(2-1-5-14-10)11(17)16-7-3-4-9(13)15-6-7/h1-6H,(H,16,17). The Bertz CT molecular complexity index is 545. The average Bonchev–Trinajstić information content (AvgIpc) is 2.32. The fourth-order valence-electron chi connectivity index (χ4n) is 1.20. The highest BCUT2D eigenvalue weighted by Crippen LogP contribution is 2.15. The van der Waals surface area contributed by atoms with Crippen LogP contribution in [0.1, 0.15) is 10.4 Å². The smallest absolute Gasteiger partial charge is 0.258 e. The normalized spacial score (nSPS) is 10.0. The van der Waals surface area contributed by atoms with E-state index < -0.39 is 5.95 Å². The van der Waals surface area contributed by atoms with Gasteiger partial charge in [-0.25, -0.2) is 9.97 Å². The molecule has 86 valence electrons. The van der Waals surface area contributed by atoms with Gasteiger partial charge >= 0.3 is 0 Å². The number of hydrogen-bond acceptors (Lipinski definition) is 3. The molecular weight excluding hydrogens is 289 g/mol. The molecular formula is C11H7BrFN3O. The van der Waals surface area contributed by atoms with Crippen LogP contribution in [0.25, 0.3) is 0 Å². The molecule has 1 N–H and O–H groups in total. The van der Waals surface area contributed by atoms with Crippen molar-refractivity contribution in [1.82, 2.24) is 9.97 Å². The van der Waals surface area contributed by atoms with E-state index >= 15 is 0 Å². The summed E-state index contributed by atoms with van der Waals surface area (Å²) in [6.45, 7) is 0. The van der Waals surface area contributed by atoms with E-state index in [0.717, 1.165) is 0 Å². The fraction of sp³-hybridized carbons (Fsp3) is 0. The summed E-state index contributed by atoms with van der Waals surface area (Å²) in [6, 6.07) is 5.89. The van der Waals surface area contributed by atoms with E-state index in [0.29, 0.717) is 15.9 Å². The van der Waals surface area contributed by atoms with Crippen LogP contribution in [0, 0.1) is 5.95 Å². The number of aromatic nitrogens is 2. The van der Waals surface area contributed by atoms with Gasteiger partial charge in [0.15, 0.2) is 0 Å². The van der Waals surface area contributed by atoms with E-state index in [1.165, 1.54) is 18.3 Å². The van der Waals surface area contributed by atoms with Crippen LogP contribution < -0.4 is 5.32 Å². The number of amides is 1. The number of nitrogens with zero attached hydrogens (tertiary/aromatic N) is 2. The Morgan fingerprint density at radius 3 is 2.76 bits per heavy atom. The minimum absolute atomic E-state index is 0.335. The number of nitrogens with one attached hydrogen (secondary N) is 1. The number of carbonyl (C=O) groups is 1. The van der Waals surface area contributed by atoms with Gasteiger partial charge in [0.25, 0.3) is 5.91 Å². The second-order valence-electron chi connectivity index (χ2n) is 3.17. The van der Waals surface area contributed by atoms with Crippen LogP contribution in [-0.4, -0.2) is 15.9 Å². The Kier molecular flexibility index (Phi) is 3.43. The Labute approximate surface area is 105 Å². The van der Waals surface area contributed by atoms with Gasteiger partial charge < -0.3 is 5.32 Å². The van der Waals surface area contributed by atoms with Crippen LogP contribution in [0.15, 0.2) is 41.3 Å². The molecule has 0 radical (unpaired) electrons. The Hall–Kier alpha value is -1.82. The molecule has 1 amide bonds. The predicted octanol–water partition coefficient (Wildman–Crippen LogP) is 2.63. The lowest BCUT2D eigenvalue weighted by Crippen LogP contribution is -2.13. The molecule has 0 aliphatic carbocycles. The van der Waals surface area contributed by atoms with Gasteiger partial charge in [0.2, 0.25) is 5.95 Å². The lowest BCUT2D eigenvalue weighted by atomic mass is 10.2. The van der Waals surface area contributed by atoms with Gasteiger partial charge in [0, 0.05) is 6.20 Å². The van der Waals surface area contributed by atoms with Gasteiger partial charge in [-0.15, -0.1) is 0 Å². The maximum Gasteiger partial charge on any atom is 0.258 e. The zero-order valence-corrected chi connectivity index (χ0v) is 10.1. The number of carbonyl (C=O) groups excluding carboxylic acids is 1. The molecule has 0 spiro atoms. The lowest BCUT2D eigenvalue weighted by molar-refractivity contribution is 0.102. The predicted molar refractivity (Wildman–Crippen MR) is 64.1 cm³/mol. The van der Waals surface area contributed by atoms with Crippen LogP contribution in [-0.2, 0) is 0 Å². The van der Waals surface area contributed by atoms with Crippen molar-refractivity contribution in [3.05, 3.63) is 52.8 Å². The summed E-state index contributed by atoms with van der Waals surface area (Å²) in [5.74, 6) is -0.927. The molecule has 0 aliphatic rings. The zero-order valence-electron chi connectivity index (χ0n) is 8.52. The number of anilines is 1. The third-order valence-electron chi connectivity index (χ3n) is 1.99. The van der Waals surface area contributed by atoms with Crippen LogP contribution >= 0.6 is 15.9 Å². The highest BCUT2D eigenvalue weighted by Gasteiger charge is 2.10. The second kappa shape index (κ2) is 5.01. The molecule has 2 rings (SSSR count). The first-order chi connectivity index (χ1) is 8.16. The van der Waals surface area contributed by atoms with E-state index in [-0.39, 0.29) is 5.91 Å². The number of rotatable bonds is 2. The molecule has 2 heterocycles. The third kappa shape index (κ3) is 2.85. The topological polar surface area (TPSA) is 54.9 Å². The molecule has 0 atom stereocenters. The molecule has 6 heteroatoms. The summed E-state index contributed by atoms with van der Waals surface area (Å²) in [6.07, 6.45) is 2.82. The minimum atomic E-state index is -0.592. The molecule has 0 unspecified atom stereocenters. The van der Waals surface area contributed by atoms with Crippen molar-refractivity contribution in [3.63, 3.8) is 0 Å². The SMILES string of the molecule is O=C(Nc1ccc(F)nc1)c1cccnc1Br. The molecule has 0 saturated carbocycles. The van der Waals surface area contributed by atoms with E-state index in [1.807, 2.05) is 0 Å². The summed E-state index contributed by atoms with van der Waals surface area (Å²) < 4.78 is 13.0. The number of hydrogen-bond donors (Lipinski definition) is 1. The van der Waals surface area contributed by atoms with Crippen LogP contribution in [0.2, 0.25) is 0 Å². The summed E-state index contributed by atoms with van der Waals surface area (Å²) in [4.78, 5) is 19.2. The first-order valence-electron chi connectivity index (χ1n) is 4.70. The minimum Gasteiger partial charge on any atom is -0.321 e. The molecule has 0 aliphatic heterocycles. The maximum absolute atomic E-state index is 12.6. The van der Waals surface area contributed by atoms with Gasteiger partial charge in [-0.05, 0) is 40.2 Å². The molecule has 17 heavy (non-hydrogen) atoms. The van der Waals surface area contributed by atoms with Crippen molar-refractivity contribution in [3.8, 4) is 0 Å². The summed E-state index contributed by atoms with van der Waals surface area (Å²) in [5, 5.41) is 2.59. The maximum atomic E-state index is 12.6. The fourth-order valence-corrected chi connectivity index (χ4v) is 1.63. The van der Waals surface area contributed by atoms with Crippen LogP contribution in [0.4, 0.5) is 10.1 Å². The van der Waals surface area contributed by atoms with E-state index in [2.05, 4.69) is 31.2 Å². The summed E-state index contributed by atoms with van der Waals surface area (Å²) in [5.41, 5.74) is 0.823. The summed E-state index contributed by atoms with van der Waals surface area (Å²) >= 11 is 3.17. The monoisotopic (exact) mass is 295 g/mol. The van der Waals surface area contributed by atoms with Crippen molar-refractivity contribution in [2.45, 2.75) is 0 Å². The Balaban J connectivity index is 2.17. The Morgan fingerprint density at radius 2 is 2.12 bits per heavy atom. The first kappa shape index (κ1) is 11.7.